The molecule has 0 spiro atoms. The highest BCUT2D eigenvalue weighted by Gasteiger charge is 2.29. The Morgan fingerprint density at radius 3 is 2.78 bits per heavy atom. The first-order valence-electron chi connectivity index (χ1n) is 6.76. The normalized spacial score (nSPS) is 24.7. The van der Waals surface area contributed by atoms with Gasteiger partial charge in [-0.25, -0.2) is 4.39 Å². The molecule has 0 bridgehead atoms. The van der Waals surface area contributed by atoms with E-state index in [1.54, 1.807) is 0 Å². The average molecular weight is 250 g/mol. The van der Waals surface area contributed by atoms with Crippen molar-refractivity contribution in [1.29, 1.82) is 0 Å². The molecule has 2 unspecified atom stereocenters. The lowest BCUT2D eigenvalue weighted by Gasteiger charge is -2.43. The van der Waals surface area contributed by atoms with E-state index in [-0.39, 0.29) is 5.82 Å². The number of nitrogens with zero attached hydrogens (tertiary/aromatic N) is 1. The van der Waals surface area contributed by atoms with Crippen LogP contribution in [0.25, 0.3) is 0 Å². The Balaban J connectivity index is 2.35. The molecule has 0 radical (unpaired) electrons. The molecule has 2 nitrogen and oxygen atoms in total. The predicted octanol–water partition coefficient (Wildman–Crippen LogP) is 2.96. The van der Waals surface area contributed by atoms with Gasteiger partial charge in [-0.05, 0) is 31.9 Å². The molecule has 0 aliphatic carbocycles. The zero-order valence-corrected chi connectivity index (χ0v) is 11.7. The summed E-state index contributed by atoms with van der Waals surface area (Å²) >= 11 is 0. The Morgan fingerprint density at radius 2 is 2.11 bits per heavy atom. The zero-order valence-electron chi connectivity index (χ0n) is 11.7. The first kappa shape index (κ1) is 13.3. The molecule has 0 saturated carbocycles. The minimum absolute atomic E-state index is 0.110. The molecular weight excluding hydrogens is 227 g/mol. The van der Waals surface area contributed by atoms with Gasteiger partial charge in [0.05, 0.1) is 0 Å². The van der Waals surface area contributed by atoms with Crippen LogP contribution < -0.4 is 10.2 Å². The molecule has 1 aliphatic rings. The topological polar surface area (TPSA) is 15.3 Å². The van der Waals surface area contributed by atoms with Crippen LogP contribution in [-0.2, 0) is 0 Å². The maximum Gasteiger partial charge on any atom is 0.128 e. The molecule has 2 rings (SSSR count). The molecule has 18 heavy (non-hydrogen) atoms. The van der Waals surface area contributed by atoms with Crippen LogP contribution in [0.1, 0.15) is 26.3 Å². The fraction of sp³-hybridized carbons (Fsp3) is 0.600. The Kier molecular flexibility index (Phi) is 3.91. The third kappa shape index (κ3) is 2.51. The number of nitrogens with one attached hydrogen (secondary N) is 1. The van der Waals surface area contributed by atoms with Crippen LogP contribution in [-0.4, -0.2) is 25.2 Å². The van der Waals surface area contributed by atoms with Crippen LogP contribution in [0.5, 0.6) is 0 Å². The second-order valence-corrected chi connectivity index (χ2v) is 5.66. The third-order valence-corrected chi connectivity index (χ3v) is 3.86. The van der Waals surface area contributed by atoms with Crippen molar-refractivity contribution in [2.75, 3.05) is 18.0 Å². The number of halogens is 1. The monoisotopic (exact) mass is 250 g/mol. The van der Waals surface area contributed by atoms with Gasteiger partial charge in [0, 0.05) is 36.4 Å². The van der Waals surface area contributed by atoms with Gasteiger partial charge in [0.2, 0.25) is 0 Å². The van der Waals surface area contributed by atoms with E-state index in [1.165, 1.54) is 6.07 Å². The van der Waals surface area contributed by atoms with Gasteiger partial charge in [-0.3, -0.25) is 0 Å². The van der Waals surface area contributed by atoms with Crippen LogP contribution in [0.3, 0.4) is 0 Å². The number of benzene rings is 1. The molecule has 3 heteroatoms. The Bertz CT molecular complexity index is 417. The summed E-state index contributed by atoms with van der Waals surface area (Å²) < 4.78 is 13.7. The first-order chi connectivity index (χ1) is 8.50. The molecule has 100 valence electrons. The number of hydrogen-bond acceptors (Lipinski definition) is 2. The maximum atomic E-state index is 13.7. The first-order valence-corrected chi connectivity index (χ1v) is 6.76. The van der Waals surface area contributed by atoms with Gasteiger partial charge in [0.25, 0.3) is 0 Å². The van der Waals surface area contributed by atoms with E-state index in [0.717, 1.165) is 24.3 Å². The summed E-state index contributed by atoms with van der Waals surface area (Å²) in [6.07, 6.45) is 0. The van der Waals surface area contributed by atoms with E-state index in [2.05, 4.69) is 31.0 Å². The van der Waals surface area contributed by atoms with E-state index in [1.807, 2.05) is 19.1 Å². The van der Waals surface area contributed by atoms with Crippen LogP contribution in [0, 0.1) is 18.7 Å². The van der Waals surface area contributed by atoms with Crippen molar-refractivity contribution in [3.8, 4) is 0 Å². The van der Waals surface area contributed by atoms with Crippen LogP contribution in [0.2, 0.25) is 0 Å². The van der Waals surface area contributed by atoms with Gasteiger partial charge in [-0.1, -0.05) is 19.9 Å². The lowest BCUT2D eigenvalue weighted by atomic mass is 9.97. The van der Waals surface area contributed by atoms with Crippen molar-refractivity contribution in [2.24, 2.45) is 5.92 Å². The molecule has 2 atom stereocenters. The van der Waals surface area contributed by atoms with Gasteiger partial charge in [0.1, 0.15) is 5.82 Å². The second-order valence-electron chi connectivity index (χ2n) is 5.66. The standard InChI is InChI=1S/C15H23FN2/c1-10(2)15-8-17-11(3)9-18(15)14-7-5-6-13(16)12(14)4/h5-7,10-11,15,17H,8-9H2,1-4H3. The Hall–Kier alpha value is -1.09. The lowest BCUT2D eigenvalue weighted by molar-refractivity contribution is 0.348. The Morgan fingerprint density at radius 1 is 1.39 bits per heavy atom. The summed E-state index contributed by atoms with van der Waals surface area (Å²) in [5, 5.41) is 3.51. The highest BCUT2D eigenvalue weighted by atomic mass is 19.1. The third-order valence-electron chi connectivity index (χ3n) is 3.86. The zero-order chi connectivity index (χ0) is 13.3. The van der Waals surface area contributed by atoms with Crippen molar-refractivity contribution in [1.82, 2.24) is 5.32 Å². The summed E-state index contributed by atoms with van der Waals surface area (Å²) in [5.74, 6) is 0.439. The van der Waals surface area contributed by atoms with Gasteiger partial charge in [-0.15, -0.1) is 0 Å². The molecular formula is C15H23FN2. The summed E-state index contributed by atoms with van der Waals surface area (Å²) in [4.78, 5) is 2.37. The SMILES string of the molecule is Cc1c(F)cccc1N1CC(C)NCC1C(C)C. The summed E-state index contributed by atoms with van der Waals surface area (Å²) in [5.41, 5.74) is 1.80. The summed E-state index contributed by atoms with van der Waals surface area (Å²) in [7, 11) is 0. The van der Waals surface area contributed by atoms with Crippen molar-refractivity contribution < 1.29 is 4.39 Å². The smallest absolute Gasteiger partial charge is 0.128 e. The number of anilines is 1. The molecule has 0 aromatic heterocycles. The summed E-state index contributed by atoms with van der Waals surface area (Å²) in [6.45, 7) is 10.4. The van der Waals surface area contributed by atoms with Gasteiger partial charge < -0.3 is 10.2 Å². The highest BCUT2D eigenvalue weighted by molar-refractivity contribution is 5.55. The van der Waals surface area contributed by atoms with Gasteiger partial charge in [-0.2, -0.15) is 0 Å². The predicted molar refractivity (Wildman–Crippen MR) is 74.6 cm³/mol. The molecule has 1 aromatic carbocycles. The molecule has 1 fully saturated rings. The van der Waals surface area contributed by atoms with Crippen molar-refractivity contribution in [2.45, 2.75) is 39.8 Å². The molecule has 0 amide bonds. The fourth-order valence-electron chi connectivity index (χ4n) is 2.71. The van der Waals surface area contributed by atoms with E-state index >= 15 is 0 Å². The number of rotatable bonds is 2. The lowest BCUT2D eigenvalue weighted by Crippen LogP contribution is -2.57. The van der Waals surface area contributed by atoms with Gasteiger partial charge >= 0.3 is 0 Å². The minimum Gasteiger partial charge on any atom is -0.365 e. The van der Waals surface area contributed by atoms with E-state index in [0.29, 0.717) is 18.0 Å². The van der Waals surface area contributed by atoms with Crippen LogP contribution in [0.15, 0.2) is 18.2 Å². The minimum atomic E-state index is -0.110. The van der Waals surface area contributed by atoms with Gasteiger partial charge in [0.15, 0.2) is 0 Å². The van der Waals surface area contributed by atoms with Crippen molar-refractivity contribution >= 4 is 5.69 Å². The number of hydrogen-bond donors (Lipinski definition) is 1. The molecule has 1 heterocycles. The molecule has 1 N–H and O–H groups in total. The average Bonchev–Trinajstić information content (AvgIpc) is 2.32. The quantitative estimate of drug-likeness (QED) is 0.868. The molecule has 1 aliphatic heterocycles. The second kappa shape index (κ2) is 5.27. The van der Waals surface area contributed by atoms with E-state index in [9.17, 15) is 4.39 Å². The van der Waals surface area contributed by atoms with Crippen LogP contribution in [0.4, 0.5) is 10.1 Å². The van der Waals surface area contributed by atoms with Crippen molar-refractivity contribution in [3.05, 3.63) is 29.6 Å². The van der Waals surface area contributed by atoms with Crippen LogP contribution >= 0.6 is 0 Å². The van der Waals surface area contributed by atoms with E-state index in [4.69, 9.17) is 0 Å². The highest BCUT2D eigenvalue weighted by Crippen LogP contribution is 2.28. The molecule has 1 aromatic rings. The summed E-state index contributed by atoms with van der Waals surface area (Å²) in [6, 6.07) is 6.26. The number of piperazine rings is 1. The molecule has 1 saturated heterocycles. The largest absolute Gasteiger partial charge is 0.365 e. The van der Waals surface area contributed by atoms with E-state index < -0.39 is 0 Å². The van der Waals surface area contributed by atoms with Crippen molar-refractivity contribution in [3.63, 3.8) is 0 Å². The Labute approximate surface area is 109 Å². The maximum absolute atomic E-state index is 13.7. The fourth-order valence-corrected chi connectivity index (χ4v) is 2.71.